The molecule has 0 bridgehead atoms. The van der Waals surface area contributed by atoms with Crippen molar-refractivity contribution < 1.29 is 18.7 Å². The lowest BCUT2D eigenvalue weighted by molar-refractivity contribution is -0.123. The van der Waals surface area contributed by atoms with Crippen LogP contribution in [0.25, 0.3) is 5.69 Å². The first-order chi connectivity index (χ1) is 14.0. The third-order valence-corrected chi connectivity index (χ3v) is 4.41. The molecule has 29 heavy (non-hydrogen) atoms. The molecule has 150 valence electrons. The topological polar surface area (TPSA) is 88.2 Å². The number of hydrazine groups is 1. The van der Waals surface area contributed by atoms with Crippen LogP contribution in [0.2, 0.25) is 0 Å². The van der Waals surface area contributed by atoms with Gasteiger partial charge in [-0.15, -0.1) is 0 Å². The van der Waals surface area contributed by atoms with E-state index >= 15 is 0 Å². The Labute approximate surface area is 171 Å². The number of hydrogen-bond donors (Lipinski definition) is 3. The standard InChI is InChI=1S/C20H19FN4O3S/c1-2-13-3-9-16(10-4-13)28-12-18(26)23-24-19(27)17-11-22-20(29)25(17)15-7-5-14(21)6-8-15/h3-11H,2,12H2,1H3,(H,22,29)(H,23,26)(H,24,27). The van der Waals surface area contributed by atoms with Crippen LogP contribution in [0, 0.1) is 10.6 Å². The van der Waals surface area contributed by atoms with Gasteiger partial charge in [0.2, 0.25) is 0 Å². The predicted molar refractivity (Wildman–Crippen MR) is 108 cm³/mol. The Balaban J connectivity index is 1.58. The number of benzene rings is 2. The number of nitrogens with zero attached hydrogens (tertiary/aromatic N) is 1. The minimum absolute atomic E-state index is 0.151. The molecule has 2 amide bonds. The number of hydrogen-bond acceptors (Lipinski definition) is 4. The van der Waals surface area contributed by atoms with Gasteiger partial charge >= 0.3 is 0 Å². The van der Waals surface area contributed by atoms with Crippen molar-refractivity contribution in [1.82, 2.24) is 20.4 Å². The van der Waals surface area contributed by atoms with E-state index in [2.05, 4.69) is 15.8 Å². The van der Waals surface area contributed by atoms with Crippen molar-refractivity contribution >= 4 is 24.0 Å². The van der Waals surface area contributed by atoms with Crippen LogP contribution in [0.5, 0.6) is 5.75 Å². The van der Waals surface area contributed by atoms with Crippen LogP contribution < -0.4 is 15.6 Å². The predicted octanol–water partition coefficient (Wildman–Crippen LogP) is 3.08. The first-order valence-corrected chi connectivity index (χ1v) is 9.26. The molecule has 0 atom stereocenters. The lowest BCUT2D eigenvalue weighted by Crippen LogP contribution is -2.44. The van der Waals surface area contributed by atoms with E-state index < -0.39 is 17.6 Å². The molecule has 1 heterocycles. The molecule has 0 aliphatic heterocycles. The van der Waals surface area contributed by atoms with Crippen molar-refractivity contribution in [2.24, 2.45) is 0 Å². The monoisotopic (exact) mass is 414 g/mol. The lowest BCUT2D eigenvalue weighted by Gasteiger charge is -2.11. The molecule has 3 rings (SSSR count). The van der Waals surface area contributed by atoms with Gasteiger partial charge in [0.05, 0.1) is 0 Å². The number of carbonyl (C=O) groups is 2. The van der Waals surface area contributed by atoms with Gasteiger partial charge in [0.25, 0.3) is 11.8 Å². The number of imidazole rings is 1. The van der Waals surface area contributed by atoms with E-state index in [0.29, 0.717) is 11.4 Å². The summed E-state index contributed by atoms with van der Waals surface area (Å²) in [6.45, 7) is 1.79. The first kappa shape index (κ1) is 20.3. The van der Waals surface area contributed by atoms with E-state index in [1.54, 1.807) is 12.1 Å². The molecule has 0 aliphatic carbocycles. The van der Waals surface area contributed by atoms with E-state index in [9.17, 15) is 14.0 Å². The number of halogens is 1. The summed E-state index contributed by atoms with van der Waals surface area (Å²) >= 11 is 5.18. The minimum atomic E-state index is -0.595. The van der Waals surface area contributed by atoms with Gasteiger partial charge in [0, 0.05) is 11.9 Å². The van der Waals surface area contributed by atoms with Crippen molar-refractivity contribution in [2.45, 2.75) is 13.3 Å². The number of H-pyrrole nitrogens is 1. The van der Waals surface area contributed by atoms with Gasteiger partial charge < -0.3 is 9.72 Å². The zero-order chi connectivity index (χ0) is 20.8. The fraction of sp³-hybridized carbons (Fsp3) is 0.150. The van der Waals surface area contributed by atoms with Crippen molar-refractivity contribution in [3.8, 4) is 11.4 Å². The van der Waals surface area contributed by atoms with Crippen molar-refractivity contribution in [1.29, 1.82) is 0 Å². The van der Waals surface area contributed by atoms with Gasteiger partial charge in [-0.05, 0) is 60.6 Å². The van der Waals surface area contributed by atoms with Crippen LogP contribution in [0.1, 0.15) is 23.0 Å². The second kappa shape index (κ2) is 9.16. The van der Waals surface area contributed by atoms with Gasteiger partial charge in [-0.25, -0.2) is 4.39 Å². The number of nitrogens with one attached hydrogen (secondary N) is 3. The molecular formula is C20H19FN4O3S. The molecule has 0 unspecified atom stereocenters. The molecule has 2 aromatic carbocycles. The van der Waals surface area contributed by atoms with Crippen LogP contribution in [-0.2, 0) is 11.2 Å². The number of aryl methyl sites for hydroxylation is 1. The first-order valence-electron chi connectivity index (χ1n) is 8.85. The van der Waals surface area contributed by atoms with Gasteiger partial charge in [0.15, 0.2) is 11.4 Å². The summed E-state index contributed by atoms with van der Waals surface area (Å²) in [7, 11) is 0. The summed E-state index contributed by atoms with van der Waals surface area (Å²) in [6.07, 6.45) is 2.31. The maximum atomic E-state index is 13.1. The van der Waals surface area contributed by atoms with Crippen molar-refractivity contribution in [3.63, 3.8) is 0 Å². The molecule has 0 radical (unpaired) electrons. The number of ether oxygens (including phenoxy) is 1. The molecular weight excluding hydrogens is 395 g/mol. The number of carbonyl (C=O) groups excluding carboxylic acids is 2. The number of aromatic amines is 1. The zero-order valence-electron chi connectivity index (χ0n) is 15.6. The summed E-state index contributed by atoms with van der Waals surface area (Å²) in [6, 6.07) is 12.9. The van der Waals surface area contributed by atoms with Gasteiger partial charge in [-0.1, -0.05) is 19.1 Å². The maximum absolute atomic E-state index is 13.1. The molecule has 3 N–H and O–H groups in total. The largest absolute Gasteiger partial charge is 0.484 e. The second-order valence-corrected chi connectivity index (χ2v) is 6.47. The molecule has 0 fully saturated rings. The van der Waals surface area contributed by atoms with Crippen LogP contribution in [0.4, 0.5) is 4.39 Å². The summed E-state index contributed by atoms with van der Waals surface area (Å²) in [4.78, 5) is 27.1. The summed E-state index contributed by atoms with van der Waals surface area (Å²) in [5, 5.41) is 0. The minimum Gasteiger partial charge on any atom is -0.484 e. The molecule has 0 spiro atoms. The second-order valence-electron chi connectivity index (χ2n) is 6.08. The Hall–Kier alpha value is -3.46. The molecule has 7 nitrogen and oxygen atoms in total. The summed E-state index contributed by atoms with van der Waals surface area (Å²) in [5.74, 6) is -0.972. The smallest absolute Gasteiger partial charge is 0.288 e. The Bertz CT molecular complexity index is 1060. The Kier molecular flexibility index (Phi) is 6.40. The molecule has 3 aromatic rings. The zero-order valence-corrected chi connectivity index (χ0v) is 16.4. The van der Waals surface area contributed by atoms with E-state index in [4.69, 9.17) is 17.0 Å². The number of amides is 2. The van der Waals surface area contributed by atoms with Crippen LogP contribution in [0.15, 0.2) is 54.7 Å². The summed E-state index contributed by atoms with van der Waals surface area (Å²) in [5.41, 5.74) is 6.42. The van der Waals surface area contributed by atoms with Gasteiger partial charge in [-0.2, -0.15) is 0 Å². The number of rotatable bonds is 6. The SMILES string of the molecule is CCc1ccc(OCC(=O)NNC(=O)c2c[nH]c(=S)n2-c2ccc(F)cc2)cc1. The summed E-state index contributed by atoms with van der Waals surface area (Å²) < 4.78 is 20.2. The average Bonchev–Trinajstić information content (AvgIpc) is 3.13. The normalized spacial score (nSPS) is 10.4. The van der Waals surface area contributed by atoms with Crippen LogP contribution >= 0.6 is 12.2 Å². The molecule has 9 heteroatoms. The molecule has 0 aliphatic rings. The van der Waals surface area contributed by atoms with E-state index in [-0.39, 0.29) is 17.1 Å². The third-order valence-electron chi connectivity index (χ3n) is 4.11. The Morgan fingerprint density at radius 3 is 2.45 bits per heavy atom. The maximum Gasteiger partial charge on any atom is 0.288 e. The highest BCUT2D eigenvalue weighted by Gasteiger charge is 2.15. The van der Waals surface area contributed by atoms with Crippen LogP contribution in [0.3, 0.4) is 0 Å². The molecule has 1 aromatic heterocycles. The Morgan fingerprint density at radius 2 is 1.79 bits per heavy atom. The highest BCUT2D eigenvalue weighted by atomic mass is 32.1. The highest BCUT2D eigenvalue weighted by molar-refractivity contribution is 7.71. The van der Waals surface area contributed by atoms with E-state index in [1.807, 2.05) is 19.1 Å². The van der Waals surface area contributed by atoms with E-state index in [0.717, 1.165) is 12.0 Å². The van der Waals surface area contributed by atoms with Crippen molar-refractivity contribution in [3.05, 3.63) is 76.6 Å². The van der Waals surface area contributed by atoms with Crippen molar-refractivity contribution in [2.75, 3.05) is 6.61 Å². The number of aromatic nitrogens is 2. The highest BCUT2D eigenvalue weighted by Crippen LogP contribution is 2.14. The Morgan fingerprint density at radius 1 is 1.10 bits per heavy atom. The average molecular weight is 414 g/mol. The quantitative estimate of drug-likeness (QED) is 0.427. The van der Waals surface area contributed by atoms with Crippen LogP contribution in [-0.4, -0.2) is 28.0 Å². The fourth-order valence-corrected chi connectivity index (χ4v) is 2.84. The third kappa shape index (κ3) is 5.08. The van der Waals surface area contributed by atoms with E-state index in [1.165, 1.54) is 35.0 Å². The molecule has 0 saturated carbocycles. The van der Waals surface area contributed by atoms with Gasteiger partial charge in [-0.3, -0.25) is 25.0 Å². The fourth-order valence-electron chi connectivity index (χ4n) is 2.58. The molecule has 0 saturated heterocycles. The van der Waals surface area contributed by atoms with Gasteiger partial charge in [0.1, 0.15) is 17.3 Å². The lowest BCUT2D eigenvalue weighted by atomic mass is 10.2.